The lowest BCUT2D eigenvalue weighted by Gasteiger charge is -2.40. The normalized spacial score (nSPS) is 20.3. The Morgan fingerprint density at radius 2 is 1.90 bits per heavy atom. The van der Waals surface area contributed by atoms with Crippen molar-refractivity contribution < 1.29 is 21.6 Å². The van der Waals surface area contributed by atoms with Crippen LogP contribution in [0.4, 0.5) is 0 Å². The van der Waals surface area contributed by atoms with Crippen molar-refractivity contribution >= 4 is 19.9 Å². The molecule has 0 saturated carbocycles. The summed E-state index contributed by atoms with van der Waals surface area (Å²) >= 11 is 0. The molecule has 1 saturated heterocycles. The lowest BCUT2D eigenvalue weighted by molar-refractivity contribution is -0.00771. The highest BCUT2D eigenvalue weighted by atomic mass is 32.2. The molecule has 2 heterocycles. The van der Waals surface area contributed by atoms with Gasteiger partial charge in [0.05, 0.1) is 18.8 Å². The molecule has 0 bridgehead atoms. The minimum atomic E-state index is -3.74. The molecule has 1 aromatic rings. The first-order valence-electron chi connectivity index (χ1n) is 6.32. The highest BCUT2D eigenvalue weighted by molar-refractivity contribution is 7.90. The summed E-state index contributed by atoms with van der Waals surface area (Å²) in [4.78, 5) is 3.71. The SMILES string of the molecule is CC1(C)COCCN1S(=O)(=O)c1ccc(S(C)(=O)=O)nc1. The number of aromatic nitrogens is 1. The lowest BCUT2D eigenvalue weighted by Crippen LogP contribution is -2.55. The summed E-state index contributed by atoms with van der Waals surface area (Å²) in [6, 6.07) is 2.47. The summed E-state index contributed by atoms with van der Waals surface area (Å²) in [7, 11) is -7.19. The van der Waals surface area contributed by atoms with Gasteiger partial charge < -0.3 is 4.74 Å². The van der Waals surface area contributed by atoms with Crippen molar-refractivity contribution in [1.29, 1.82) is 0 Å². The zero-order valence-corrected chi connectivity index (χ0v) is 13.7. The second-order valence-corrected chi connectivity index (χ2v) is 9.37. The maximum atomic E-state index is 12.6. The van der Waals surface area contributed by atoms with Crippen molar-refractivity contribution in [1.82, 2.24) is 9.29 Å². The Bertz CT molecular complexity index is 723. The molecule has 0 amide bonds. The molecule has 0 aromatic carbocycles. The Morgan fingerprint density at radius 1 is 1.24 bits per heavy atom. The van der Waals surface area contributed by atoms with Gasteiger partial charge in [0, 0.05) is 19.0 Å². The van der Waals surface area contributed by atoms with Crippen LogP contribution >= 0.6 is 0 Å². The van der Waals surface area contributed by atoms with E-state index in [0.717, 1.165) is 12.5 Å². The predicted molar refractivity (Wildman–Crippen MR) is 76.1 cm³/mol. The van der Waals surface area contributed by atoms with Crippen molar-refractivity contribution in [2.45, 2.75) is 29.3 Å². The second-order valence-electron chi connectivity index (χ2n) is 5.55. The van der Waals surface area contributed by atoms with Crippen molar-refractivity contribution in [2.24, 2.45) is 0 Å². The van der Waals surface area contributed by atoms with Crippen molar-refractivity contribution in [2.75, 3.05) is 26.0 Å². The molecule has 1 aliphatic heterocycles. The Kier molecular flexibility index (Phi) is 4.13. The third kappa shape index (κ3) is 3.25. The van der Waals surface area contributed by atoms with E-state index in [1.165, 1.54) is 16.4 Å². The van der Waals surface area contributed by atoms with Gasteiger partial charge in [0.15, 0.2) is 14.9 Å². The monoisotopic (exact) mass is 334 g/mol. The molecule has 1 aliphatic rings. The van der Waals surface area contributed by atoms with Crippen LogP contribution in [0.2, 0.25) is 0 Å². The maximum absolute atomic E-state index is 12.6. The lowest BCUT2D eigenvalue weighted by atomic mass is 10.1. The molecule has 0 N–H and O–H groups in total. The maximum Gasteiger partial charge on any atom is 0.245 e. The van der Waals surface area contributed by atoms with Crippen LogP contribution in [0.25, 0.3) is 0 Å². The van der Waals surface area contributed by atoms with Crippen LogP contribution in [0.1, 0.15) is 13.8 Å². The molecular weight excluding hydrogens is 316 g/mol. The molecule has 0 unspecified atom stereocenters. The van der Waals surface area contributed by atoms with Crippen LogP contribution < -0.4 is 0 Å². The number of sulfone groups is 1. The predicted octanol–water partition coefficient (Wildman–Crippen LogP) is 0.285. The third-order valence-corrected chi connectivity index (χ3v) is 6.34. The topological polar surface area (TPSA) is 93.6 Å². The number of hydrogen-bond acceptors (Lipinski definition) is 6. The second kappa shape index (κ2) is 5.31. The van der Waals surface area contributed by atoms with E-state index in [0.29, 0.717) is 13.2 Å². The molecular formula is C12H18N2O5S2. The van der Waals surface area contributed by atoms with Crippen LogP contribution in [0.15, 0.2) is 28.3 Å². The van der Waals surface area contributed by atoms with Crippen molar-refractivity contribution in [3.05, 3.63) is 18.3 Å². The summed E-state index contributed by atoms with van der Waals surface area (Å²) in [5.41, 5.74) is -0.660. The fourth-order valence-electron chi connectivity index (χ4n) is 2.16. The minimum Gasteiger partial charge on any atom is -0.378 e. The summed E-state index contributed by atoms with van der Waals surface area (Å²) in [5, 5.41) is -0.150. The molecule has 0 spiro atoms. The van der Waals surface area contributed by atoms with E-state index in [1.807, 2.05) is 0 Å². The van der Waals surface area contributed by atoms with Crippen LogP contribution in [0.5, 0.6) is 0 Å². The Labute approximate surface area is 124 Å². The van der Waals surface area contributed by atoms with Crippen LogP contribution in [0.3, 0.4) is 0 Å². The number of sulfonamides is 1. The molecule has 0 radical (unpaired) electrons. The molecule has 21 heavy (non-hydrogen) atoms. The number of pyridine rings is 1. The van der Waals surface area contributed by atoms with Gasteiger partial charge in [-0.25, -0.2) is 21.8 Å². The average molecular weight is 334 g/mol. The Hall–Kier alpha value is -1.03. The largest absolute Gasteiger partial charge is 0.378 e. The fraction of sp³-hybridized carbons (Fsp3) is 0.583. The van der Waals surface area contributed by atoms with Gasteiger partial charge in [-0.05, 0) is 26.0 Å². The van der Waals surface area contributed by atoms with E-state index in [4.69, 9.17) is 4.74 Å². The molecule has 0 atom stereocenters. The molecule has 0 aliphatic carbocycles. The van der Waals surface area contributed by atoms with Crippen molar-refractivity contribution in [3.8, 4) is 0 Å². The van der Waals surface area contributed by atoms with Gasteiger partial charge in [-0.2, -0.15) is 4.31 Å². The van der Waals surface area contributed by atoms with E-state index in [2.05, 4.69) is 4.98 Å². The number of hydrogen-bond donors (Lipinski definition) is 0. The van der Waals surface area contributed by atoms with Crippen LogP contribution in [-0.2, 0) is 24.6 Å². The number of nitrogens with zero attached hydrogens (tertiary/aromatic N) is 2. The smallest absolute Gasteiger partial charge is 0.245 e. The zero-order chi connectivity index (χ0) is 15.9. The van der Waals surface area contributed by atoms with E-state index in [1.54, 1.807) is 13.8 Å². The number of morpholine rings is 1. The van der Waals surface area contributed by atoms with Gasteiger partial charge in [-0.1, -0.05) is 0 Å². The Balaban J connectivity index is 2.40. The van der Waals surface area contributed by atoms with Gasteiger partial charge in [-0.3, -0.25) is 0 Å². The molecule has 118 valence electrons. The van der Waals surface area contributed by atoms with Crippen molar-refractivity contribution in [3.63, 3.8) is 0 Å². The van der Waals surface area contributed by atoms with E-state index in [9.17, 15) is 16.8 Å². The highest BCUT2D eigenvalue weighted by Gasteiger charge is 2.39. The van der Waals surface area contributed by atoms with Crippen LogP contribution in [0, 0.1) is 0 Å². The summed E-state index contributed by atoms with van der Waals surface area (Å²) in [6.07, 6.45) is 2.10. The van der Waals surface area contributed by atoms with E-state index in [-0.39, 0.29) is 16.5 Å². The first-order valence-corrected chi connectivity index (χ1v) is 9.65. The fourth-order valence-corrected chi connectivity index (χ4v) is 4.41. The zero-order valence-electron chi connectivity index (χ0n) is 12.1. The summed E-state index contributed by atoms with van der Waals surface area (Å²) in [5.74, 6) is 0. The first-order chi connectivity index (χ1) is 9.55. The van der Waals surface area contributed by atoms with E-state index >= 15 is 0 Å². The molecule has 7 nitrogen and oxygen atoms in total. The van der Waals surface area contributed by atoms with Gasteiger partial charge in [0.2, 0.25) is 10.0 Å². The van der Waals surface area contributed by atoms with Gasteiger partial charge in [-0.15, -0.1) is 0 Å². The summed E-state index contributed by atoms with van der Waals surface area (Å²) < 4.78 is 54.7. The number of rotatable bonds is 3. The van der Waals surface area contributed by atoms with Gasteiger partial charge >= 0.3 is 0 Å². The quantitative estimate of drug-likeness (QED) is 0.788. The Morgan fingerprint density at radius 3 is 2.38 bits per heavy atom. The average Bonchev–Trinajstić information content (AvgIpc) is 2.37. The molecule has 1 aromatic heterocycles. The van der Waals surface area contributed by atoms with Gasteiger partial charge in [0.25, 0.3) is 0 Å². The molecule has 2 rings (SSSR count). The van der Waals surface area contributed by atoms with Crippen LogP contribution in [-0.4, -0.2) is 57.7 Å². The molecule has 1 fully saturated rings. The highest BCUT2D eigenvalue weighted by Crippen LogP contribution is 2.27. The standard InChI is InChI=1S/C12H18N2O5S2/c1-12(2)9-19-7-6-14(12)21(17,18)10-4-5-11(13-8-10)20(3,15)16/h4-5,8H,6-7,9H2,1-3H3. The third-order valence-electron chi connectivity index (χ3n) is 3.25. The molecule has 9 heteroatoms. The first kappa shape index (κ1) is 16.3. The van der Waals surface area contributed by atoms with Gasteiger partial charge in [0.1, 0.15) is 4.90 Å². The minimum absolute atomic E-state index is 0.0233. The summed E-state index contributed by atoms with van der Waals surface area (Å²) in [6.45, 7) is 4.45. The number of ether oxygens (including phenoxy) is 1. The van der Waals surface area contributed by atoms with E-state index < -0.39 is 25.4 Å².